The van der Waals surface area contributed by atoms with E-state index in [1.165, 1.54) is 0 Å². The number of ether oxygens (including phenoxy) is 2. The second-order valence-electron chi connectivity index (χ2n) is 4.85. The zero-order valence-corrected chi connectivity index (χ0v) is 11.9. The molecule has 0 saturated carbocycles. The van der Waals surface area contributed by atoms with Crippen LogP contribution in [0.1, 0.15) is 26.2 Å². The van der Waals surface area contributed by atoms with Gasteiger partial charge in [-0.3, -0.25) is 0 Å². The summed E-state index contributed by atoms with van der Waals surface area (Å²) in [6, 6.07) is 7.21. The lowest BCUT2D eigenvalue weighted by molar-refractivity contribution is 0.0680. The van der Waals surface area contributed by atoms with Crippen molar-refractivity contribution in [3.05, 3.63) is 24.3 Å². The van der Waals surface area contributed by atoms with E-state index in [-0.39, 0.29) is 12.1 Å². The molecule has 5 heteroatoms. The van der Waals surface area contributed by atoms with Crippen LogP contribution in [0.5, 0.6) is 5.75 Å². The Morgan fingerprint density at radius 3 is 3.15 bits per heavy atom. The molecule has 0 aromatic heterocycles. The van der Waals surface area contributed by atoms with Gasteiger partial charge in [-0.05, 0) is 31.4 Å². The highest BCUT2D eigenvalue weighted by atomic mass is 16.5. The number of nitrogens with one attached hydrogen (secondary N) is 2. The summed E-state index contributed by atoms with van der Waals surface area (Å²) in [7, 11) is 0. The molecule has 1 fully saturated rings. The lowest BCUT2D eigenvalue weighted by Crippen LogP contribution is -2.29. The summed E-state index contributed by atoms with van der Waals surface area (Å²) >= 11 is 0. The number of carbonyl (C=O) groups is 1. The summed E-state index contributed by atoms with van der Waals surface area (Å²) in [4.78, 5) is 11.6. The summed E-state index contributed by atoms with van der Waals surface area (Å²) < 4.78 is 11.2. The topological polar surface area (TPSA) is 59.6 Å². The first-order valence-corrected chi connectivity index (χ1v) is 7.17. The molecule has 5 nitrogen and oxygen atoms in total. The molecule has 0 aliphatic carbocycles. The molecule has 110 valence electrons. The van der Waals surface area contributed by atoms with Crippen molar-refractivity contribution in [2.45, 2.75) is 32.3 Å². The maximum absolute atomic E-state index is 11.6. The fourth-order valence-corrected chi connectivity index (χ4v) is 2.04. The van der Waals surface area contributed by atoms with Crippen molar-refractivity contribution < 1.29 is 14.3 Å². The molecular formula is C15H22N2O3. The van der Waals surface area contributed by atoms with E-state index in [1.807, 2.05) is 31.2 Å². The van der Waals surface area contributed by atoms with Gasteiger partial charge in [0.2, 0.25) is 0 Å². The molecule has 0 radical (unpaired) electrons. The van der Waals surface area contributed by atoms with Crippen LogP contribution in [0.25, 0.3) is 0 Å². The summed E-state index contributed by atoms with van der Waals surface area (Å²) in [5.41, 5.74) is 0.725. The summed E-state index contributed by atoms with van der Waals surface area (Å²) in [5.74, 6) is 0.744. The van der Waals surface area contributed by atoms with Gasteiger partial charge in [0.1, 0.15) is 12.4 Å². The van der Waals surface area contributed by atoms with E-state index in [4.69, 9.17) is 9.47 Å². The Labute approximate surface area is 119 Å². The molecule has 20 heavy (non-hydrogen) atoms. The van der Waals surface area contributed by atoms with E-state index in [0.717, 1.165) is 37.3 Å². The van der Waals surface area contributed by atoms with Crippen molar-refractivity contribution in [2.75, 3.05) is 25.1 Å². The lowest BCUT2D eigenvalue weighted by atomic mass is 10.2. The molecule has 2 N–H and O–H groups in total. The highest BCUT2D eigenvalue weighted by molar-refractivity contribution is 5.89. The van der Waals surface area contributed by atoms with Gasteiger partial charge in [-0.2, -0.15) is 0 Å². The molecule has 1 aromatic rings. The average Bonchev–Trinajstić information content (AvgIpc) is 2.97. The number of carbonyl (C=O) groups excluding carboxylic acids is 1. The SMILES string of the molecule is CCCNC(=O)Nc1cccc(OCC2CCCO2)c1. The predicted molar refractivity (Wildman–Crippen MR) is 78.2 cm³/mol. The van der Waals surface area contributed by atoms with Crippen molar-refractivity contribution >= 4 is 11.7 Å². The number of urea groups is 1. The quantitative estimate of drug-likeness (QED) is 0.841. The highest BCUT2D eigenvalue weighted by Crippen LogP contribution is 2.19. The fraction of sp³-hybridized carbons (Fsp3) is 0.533. The second kappa shape index (κ2) is 7.75. The minimum atomic E-state index is -0.192. The molecule has 1 unspecified atom stereocenters. The fourth-order valence-electron chi connectivity index (χ4n) is 2.04. The Morgan fingerprint density at radius 2 is 2.40 bits per heavy atom. The zero-order valence-electron chi connectivity index (χ0n) is 11.9. The average molecular weight is 278 g/mol. The van der Waals surface area contributed by atoms with Gasteiger partial charge < -0.3 is 20.1 Å². The van der Waals surface area contributed by atoms with E-state index in [0.29, 0.717) is 13.2 Å². The second-order valence-corrected chi connectivity index (χ2v) is 4.85. The van der Waals surface area contributed by atoms with Gasteiger partial charge >= 0.3 is 6.03 Å². The normalized spacial score (nSPS) is 17.8. The molecule has 0 spiro atoms. The van der Waals surface area contributed by atoms with Crippen molar-refractivity contribution in [1.29, 1.82) is 0 Å². The van der Waals surface area contributed by atoms with E-state index < -0.39 is 0 Å². The van der Waals surface area contributed by atoms with Gasteiger partial charge in [-0.15, -0.1) is 0 Å². The van der Waals surface area contributed by atoms with Crippen molar-refractivity contribution in [1.82, 2.24) is 5.32 Å². The molecule has 2 amide bonds. The molecule has 0 bridgehead atoms. The maximum Gasteiger partial charge on any atom is 0.319 e. The molecule has 1 heterocycles. The molecule has 1 aliphatic rings. The summed E-state index contributed by atoms with van der Waals surface area (Å²) in [6.07, 6.45) is 3.27. The summed E-state index contributed by atoms with van der Waals surface area (Å²) in [5, 5.41) is 5.55. The Morgan fingerprint density at radius 1 is 1.50 bits per heavy atom. The highest BCUT2D eigenvalue weighted by Gasteiger charge is 2.16. The van der Waals surface area contributed by atoms with Crippen LogP contribution in [0.4, 0.5) is 10.5 Å². The maximum atomic E-state index is 11.6. The van der Waals surface area contributed by atoms with Crippen molar-refractivity contribution in [3.8, 4) is 5.75 Å². The van der Waals surface area contributed by atoms with E-state index in [1.54, 1.807) is 0 Å². The third-order valence-electron chi connectivity index (χ3n) is 3.09. The zero-order chi connectivity index (χ0) is 14.2. The van der Waals surface area contributed by atoms with Crippen LogP contribution >= 0.6 is 0 Å². The van der Waals surface area contributed by atoms with Gasteiger partial charge in [-0.25, -0.2) is 4.79 Å². The third-order valence-corrected chi connectivity index (χ3v) is 3.09. The van der Waals surface area contributed by atoms with Crippen LogP contribution in [0.15, 0.2) is 24.3 Å². The number of hydrogen-bond acceptors (Lipinski definition) is 3. The van der Waals surface area contributed by atoms with E-state index in [2.05, 4.69) is 10.6 Å². The minimum Gasteiger partial charge on any atom is -0.491 e. The Bertz CT molecular complexity index is 431. The van der Waals surface area contributed by atoms with Crippen LogP contribution in [-0.4, -0.2) is 31.9 Å². The largest absolute Gasteiger partial charge is 0.491 e. The first kappa shape index (κ1) is 14.7. The molecule has 1 aliphatic heterocycles. The molecule has 1 saturated heterocycles. The van der Waals surface area contributed by atoms with Crippen molar-refractivity contribution in [3.63, 3.8) is 0 Å². The molecular weight excluding hydrogens is 256 g/mol. The third kappa shape index (κ3) is 4.74. The minimum absolute atomic E-state index is 0.192. The van der Waals surface area contributed by atoms with E-state index in [9.17, 15) is 4.79 Å². The number of amides is 2. The van der Waals surface area contributed by atoms with Crippen LogP contribution in [-0.2, 0) is 4.74 Å². The van der Waals surface area contributed by atoms with Gasteiger partial charge in [-0.1, -0.05) is 13.0 Å². The van der Waals surface area contributed by atoms with Crippen LogP contribution in [0.3, 0.4) is 0 Å². The van der Waals surface area contributed by atoms with Gasteiger partial charge in [0.15, 0.2) is 0 Å². The Balaban J connectivity index is 1.82. The molecule has 1 aromatic carbocycles. The number of rotatable bonds is 6. The first-order valence-electron chi connectivity index (χ1n) is 7.17. The monoisotopic (exact) mass is 278 g/mol. The number of anilines is 1. The smallest absolute Gasteiger partial charge is 0.319 e. The van der Waals surface area contributed by atoms with Crippen LogP contribution in [0, 0.1) is 0 Å². The standard InChI is InChI=1S/C15H22N2O3/c1-2-8-16-15(18)17-12-5-3-6-13(10-12)20-11-14-7-4-9-19-14/h3,5-6,10,14H,2,4,7-9,11H2,1H3,(H2,16,17,18). The number of benzene rings is 1. The number of hydrogen-bond donors (Lipinski definition) is 2. The van der Waals surface area contributed by atoms with Crippen molar-refractivity contribution in [2.24, 2.45) is 0 Å². The van der Waals surface area contributed by atoms with Crippen LogP contribution in [0.2, 0.25) is 0 Å². The molecule has 2 rings (SSSR count). The van der Waals surface area contributed by atoms with Gasteiger partial charge in [0.25, 0.3) is 0 Å². The molecule has 1 atom stereocenters. The Kier molecular flexibility index (Phi) is 5.68. The predicted octanol–water partition coefficient (Wildman–Crippen LogP) is 2.78. The van der Waals surface area contributed by atoms with Gasteiger partial charge in [0.05, 0.1) is 6.10 Å². The summed E-state index contributed by atoms with van der Waals surface area (Å²) in [6.45, 7) is 4.07. The first-order chi connectivity index (χ1) is 9.78. The van der Waals surface area contributed by atoms with E-state index >= 15 is 0 Å². The van der Waals surface area contributed by atoms with Gasteiger partial charge in [0, 0.05) is 24.9 Å². The Hall–Kier alpha value is -1.75. The lowest BCUT2D eigenvalue weighted by Gasteiger charge is -2.12. The van der Waals surface area contributed by atoms with Crippen LogP contribution < -0.4 is 15.4 Å².